The van der Waals surface area contributed by atoms with Crippen molar-refractivity contribution in [3.05, 3.63) is 36.2 Å². The molecular formula is C9H6N2O3. The zero-order valence-electron chi connectivity index (χ0n) is 7.04. The summed E-state index contributed by atoms with van der Waals surface area (Å²) in [5, 5.41) is 12.1. The average molecular weight is 190 g/mol. The van der Waals surface area contributed by atoms with Gasteiger partial charge in [0.05, 0.1) is 5.56 Å². The van der Waals surface area contributed by atoms with Gasteiger partial charge in [0.25, 0.3) is 5.89 Å². The third-order valence-electron chi connectivity index (χ3n) is 1.74. The van der Waals surface area contributed by atoms with Gasteiger partial charge in [-0.1, -0.05) is 5.16 Å². The molecule has 1 aromatic heterocycles. The van der Waals surface area contributed by atoms with Crippen LogP contribution in [0.25, 0.3) is 11.5 Å². The Balaban J connectivity index is 2.36. The van der Waals surface area contributed by atoms with E-state index in [1.54, 1.807) is 12.1 Å². The van der Waals surface area contributed by atoms with Crippen molar-refractivity contribution in [1.82, 2.24) is 10.1 Å². The topological polar surface area (TPSA) is 76.2 Å². The molecule has 0 aliphatic rings. The SMILES string of the molecule is O=C(O)c1ccc(-c2ncno2)cc1. The van der Waals surface area contributed by atoms with E-state index in [2.05, 4.69) is 10.1 Å². The Morgan fingerprint density at radius 3 is 2.50 bits per heavy atom. The Labute approximate surface area is 79.0 Å². The van der Waals surface area contributed by atoms with Gasteiger partial charge >= 0.3 is 5.97 Å². The number of carbonyl (C=O) groups is 1. The fourth-order valence-electron chi connectivity index (χ4n) is 1.06. The fourth-order valence-corrected chi connectivity index (χ4v) is 1.06. The van der Waals surface area contributed by atoms with Crippen molar-refractivity contribution in [2.45, 2.75) is 0 Å². The van der Waals surface area contributed by atoms with Gasteiger partial charge in [0.1, 0.15) is 0 Å². The molecule has 5 heteroatoms. The van der Waals surface area contributed by atoms with Crippen molar-refractivity contribution in [2.75, 3.05) is 0 Å². The number of rotatable bonds is 2. The fraction of sp³-hybridized carbons (Fsp3) is 0. The first-order valence-corrected chi connectivity index (χ1v) is 3.88. The van der Waals surface area contributed by atoms with Crippen molar-refractivity contribution >= 4 is 5.97 Å². The third kappa shape index (κ3) is 1.47. The van der Waals surface area contributed by atoms with Gasteiger partial charge in [0, 0.05) is 5.56 Å². The smallest absolute Gasteiger partial charge is 0.335 e. The second kappa shape index (κ2) is 3.29. The van der Waals surface area contributed by atoms with Crippen molar-refractivity contribution in [3.8, 4) is 11.5 Å². The molecule has 70 valence electrons. The molecule has 0 saturated carbocycles. The molecular weight excluding hydrogens is 184 g/mol. The van der Waals surface area contributed by atoms with E-state index in [1.165, 1.54) is 18.5 Å². The summed E-state index contributed by atoms with van der Waals surface area (Å²) in [6.45, 7) is 0. The molecule has 0 atom stereocenters. The first kappa shape index (κ1) is 8.43. The third-order valence-corrected chi connectivity index (χ3v) is 1.74. The molecule has 0 fully saturated rings. The van der Waals surface area contributed by atoms with Crippen LogP contribution >= 0.6 is 0 Å². The van der Waals surface area contributed by atoms with Crippen molar-refractivity contribution < 1.29 is 14.4 Å². The molecule has 0 radical (unpaired) electrons. The number of aromatic nitrogens is 2. The number of hydrogen-bond donors (Lipinski definition) is 1. The lowest BCUT2D eigenvalue weighted by molar-refractivity contribution is 0.0697. The molecule has 0 spiro atoms. The predicted octanol–water partition coefficient (Wildman–Crippen LogP) is 1.43. The summed E-state index contributed by atoms with van der Waals surface area (Å²) < 4.78 is 4.81. The van der Waals surface area contributed by atoms with E-state index in [4.69, 9.17) is 9.63 Å². The Hall–Kier alpha value is -2.17. The molecule has 1 aromatic carbocycles. The van der Waals surface area contributed by atoms with Crippen LogP contribution in [0.1, 0.15) is 10.4 Å². The molecule has 0 saturated heterocycles. The molecule has 5 nitrogen and oxygen atoms in total. The van der Waals surface area contributed by atoms with Gasteiger partial charge < -0.3 is 9.63 Å². The first-order chi connectivity index (χ1) is 6.77. The largest absolute Gasteiger partial charge is 0.478 e. The van der Waals surface area contributed by atoms with Crippen LogP contribution in [0.5, 0.6) is 0 Å². The zero-order valence-corrected chi connectivity index (χ0v) is 7.04. The van der Waals surface area contributed by atoms with Crippen LogP contribution in [0.3, 0.4) is 0 Å². The number of nitrogens with zero attached hydrogens (tertiary/aromatic N) is 2. The van der Waals surface area contributed by atoms with Gasteiger partial charge in [0.2, 0.25) is 0 Å². The number of aromatic carboxylic acids is 1. The molecule has 2 rings (SSSR count). The van der Waals surface area contributed by atoms with E-state index < -0.39 is 5.97 Å². The van der Waals surface area contributed by atoms with E-state index in [0.717, 1.165) is 0 Å². The number of benzene rings is 1. The van der Waals surface area contributed by atoms with E-state index >= 15 is 0 Å². The van der Waals surface area contributed by atoms with Crippen LogP contribution < -0.4 is 0 Å². The Morgan fingerprint density at radius 1 is 1.29 bits per heavy atom. The van der Waals surface area contributed by atoms with Crippen LogP contribution in [0.2, 0.25) is 0 Å². The lowest BCUT2D eigenvalue weighted by atomic mass is 10.1. The average Bonchev–Trinajstić information content (AvgIpc) is 2.71. The first-order valence-electron chi connectivity index (χ1n) is 3.88. The quantitative estimate of drug-likeness (QED) is 0.775. The summed E-state index contributed by atoms with van der Waals surface area (Å²) in [5.74, 6) is -0.580. The minimum absolute atomic E-state index is 0.230. The second-order valence-corrected chi connectivity index (χ2v) is 2.63. The molecule has 1 N–H and O–H groups in total. The molecule has 0 aliphatic carbocycles. The molecule has 0 aliphatic heterocycles. The Kier molecular flexibility index (Phi) is 1.98. The minimum Gasteiger partial charge on any atom is -0.478 e. The molecule has 2 aromatic rings. The zero-order chi connectivity index (χ0) is 9.97. The number of hydrogen-bond acceptors (Lipinski definition) is 4. The molecule has 0 bridgehead atoms. The summed E-state index contributed by atoms with van der Waals surface area (Å²) in [5.41, 5.74) is 0.931. The lowest BCUT2D eigenvalue weighted by Gasteiger charge is -1.95. The number of carboxylic acids is 1. The van der Waals surface area contributed by atoms with E-state index in [9.17, 15) is 4.79 Å². The van der Waals surface area contributed by atoms with Gasteiger partial charge in [-0.05, 0) is 24.3 Å². The van der Waals surface area contributed by atoms with Crippen LogP contribution in [0.15, 0.2) is 35.1 Å². The highest BCUT2D eigenvalue weighted by molar-refractivity contribution is 5.88. The van der Waals surface area contributed by atoms with Gasteiger partial charge in [-0.15, -0.1) is 0 Å². The summed E-state index contributed by atoms with van der Waals surface area (Å²) in [6.07, 6.45) is 1.29. The summed E-state index contributed by atoms with van der Waals surface area (Å²) in [6, 6.07) is 6.22. The molecule has 0 unspecified atom stereocenters. The molecule has 1 heterocycles. The normalized spacial score (nSPS) is 10.0. The Morgan fingerprint density at radius 2 is 2.00 bits per heavy atom. The maximum absolute atomic E-state index is 10.5. The van der Waals surface area contributed by atoms with E-state index in [1.807, 2.05) is 0 Å². The molecule has 14 heavy (non-hydrogen) atoms. The predicted molar refractivity (Wildman–Crippen MR) is 46.7 cm³/mol. The van der Waals surface area contributed by atoms with Crippen LogP contribution in [-0.4, -0.2) is 21.2 Å². The minimum atomic E-state index is -0.956. The number of carboxylic acid groups (broad SMARTS) is 1. The highest BCUT2D eigenvalue weighted by Crippen LogP contribution is 2.16. The summed E-state index contributed by atoms with van der Waals surface area (Å²) >= 11 is 0. The molecule has 0 amide bonds. The van der Waals surface area contributed by atoms with Crippen LogP contribution in [0.4, 0.5) is 0 Å². The van der Waals surface area contributed by atoms with E-state index in [0.29, 0.717) is 11.5 Å². The van der Waals surface area contributed by atoms with Gasteiger partial charge in [-0.2, -0.15) is 4.98 Å². The lowest BCUT2D eigenvalue weighted by Crippen LogP contribution is -1.94. The monoisotopic (exact) mass is 190 g/mol. The maximum atomic E-state index is 10.5. The van der Waals surface area contributed by atoms with Crippen molar-refractivity contribution in [2.24, 2.45) is 0 Å². The highest BCUT2D eigenvalue weighted by atomic mass is 16.5. The van der Waals surface area contributed by atoms with Crippen molar-refractivity contribution in [3.63, 3.8) is 0 Å². The van der Waals surface area contributed by atoms with Gasteiger partial charge in [-0.25, -0.2) is 4.79 Å². The van der Waals surface area contributed by atoms with Crippen LogP contribution in [0, 0.1) is 0 Å². The summed E-state index contributed by atoms with van der Waals surface area (Å²) in [4.78, 5) is 14.4. The van der Waals surface area contributed by atoms with E-state index in [-0.39, 0.29) is 5.56 Å². The maximum Gasteiger partial charge on any atom is 0.335 e. The van der Waals surface area contributed by atoms with Gasteiger partial charge in [0.15, 0.2) is 6.33 Å². The highest BCUT2D eigenvalue weighted by Gasteiger charge is 2.05. The second-order valence-electron chi connectivity index (χ2n) is 2.63. The summed E-state index contributed by atoms with van der Waals surface area (Å²) in [7, 11) is 0. The standard InChI is InChI=1S/C9H6N2O3/c12-9(13)7-3-1-6(2-4-7)8-10-5-11-14-8/h1-5H,(H,12,13). The Bertz CT molecular complexity index is 434. The van der Waals surface area contributed by atoms with Gasteiger partial charge in [-0.3, -0.25) is 0 Å². The van der Waals surface area contributed by atoms with Crippen molar-refractivity contribution in [1.29, 1.82) is 0 Å². The van der Waals surface area contributed by atoms with Crippen LogP contribution in [-0.2, 0) is 0 Å².